The summed E-state index contributed by atoms with van der Waals surface area (Å²) in [5.74, 6) is 0.449. The van der Waals surface area contributed by atoms with Gasteiger partial charge in [-0.15, -0.1) is 11.8 Å². The second-order valence-corrected chi connectivity index (χ2v) is 9.54. The van der Waals surface area contributed by atoms with E-state index in [1.807, 2.05) is 95.9 Å². The van der Waals surface area contributed by atoms with Gasteiger partial charge < -0.3 is 10.2 Å². The van der Waals surface area contributed by atoms with Gasteiger partial charge in [-0.2, -0.15) is 0 Å². The summed E-state index contributed by atoms with van der Waals surface area (Å²) >= 11 is 1.62. The lowest BCUT2D eigenvalue weighted by Gasteiger charge is -2.24. The summed E-state index contributed by atoms with van der Waals surface area (Å²) < 4.78 is 0. The molecule has 3 aromatic carbocycles. The molecule has 1 atom stereocenters. The highest BCUT2D eigenvalue weighted by atomic mass is 32.2. The Hall–Kier alpha value is -3.90. The lowest BCUT2D eigenvalue weighted by molar-refractivity contribution is -0.128. The quantitative estimate of drug-likeness (QED) is 0.369. The second-order valence-electron chi connectivity index (χ2n) is 8.48. The monoisotopic (exact) mass is 479 g/mol. The number of hydrogen-bond donors (Lipinski definition) is 1. The Labute approximate surface area is 209 Å². The highest BCUT2D eigenvalue weighted by Crippen LogP contribution is 2.39. The van der Waals surface area contributed by atoms with Crippen molar-refractivity contribution < 1.29 is 9.59 Å². The Kier molecular flexibility index (Phi) is 6.91. The van der Waals surface area contributed by atoms with Crippen LogP contribution in [0.2, 0.25) is 0 Å². The number of thioether (sulfide) groups is 1. The number of pyridine rings is 1. The highest BCUT2D eigenvalue weighted by molar-refractivity contribution is 8.00. The van der Waals surface area contributed by atoms with Crippen molar-refractivity contribution in [3.8, 4) is 0 Å². The fraction of sp³-hybridized carbons (Fsp3) is 0.138. The zero-order chi connectivity index (χ0) is 24.0. The number of benzene rings is 3. The van der Waals surface area contributed by atoms with E-state index in [0.29, 0.717) is 17.9 Å². The number of nitrogens with one attached hydrogen (secondary N) is 1. The Bertz CT molecular complexity index is 1290. The van der Waals surface area contributed by atoms with Gasteiger partial charge in [0.1, 0.15) is 5.37 Å². The van der Waals surface area contributed by atoms with E-state index in [-0.39, 0.29) is 17.2 Å². The maximum Gasteiger partial charge on any atom is 0.255 e. The maximum absolute atomic E-state index is 12.8. The molecule has 174 valence electrons. The molecule has 1 aliphatic rings. The minimum atomic E-state index is -0.158. The lowest BCUT2D eigenvalue weighted by atomic mass is 10.1. The highest BCUT2D eigenvalue weighted by Gasteiger charge is 2.32. The topological polar surface area (TPSA) is 62.3 Å². The molecule has 1 aliphatic heterocycles. The van der Waals surface area contributed by atoms with Gasteiger partial charge in [-0.05, 0) is 65.1 Å². The Morgan fingerprint density at radius 2 is 1.54 bits per heavy atom. The largest absolute Gasteiger partial charge is 0.322 e. The molecule has 2 amide bonds. The molecule has 1 fully saturated rings. The summed E-state index contributed by atoms with van der Waals surface area (Å²) in [6, 6.07) is 29.4. The van der Waals surface area contributed by atoms with Gasteiger partial charge in [0.2, 0.25) is 5.91 Å². The molecule has 0 spiro atoms. The van der Waals surface area contributed by atoms with Gasteiger partial charge in [0.25, 0.3) is 5.91 Å². The first-order valence-electron chi connectivity index (χ1n) is 11.5. The van der Waals surface area contributed by atoms with Crippen LogP contribution < -0.4 is 5.32 Å². The van der Waals surface area contributed by atoms with Crippen molar-refractivity contribution in [2.45, 2.75) is 18.3 Å². The molecule has 1 N–H and O–H groups in total. The maximum atomic E-state index is 12.8. The third-order valence-electron chi connectivity index (χ3n) is 5.99. The van der Waals surface area contributed by atoms with Crippen LogP contribution in [0.1, 0.15) is 38.0 Å². The van der Waals surface area contributed by atoms with E-state index in [1.165, 1.54) is 11.1 Å². The number of amides is 2. The van der Waals surface area contributed by atoms with Crippen molar-refractivity contribution in [2.24, 2.45) is 0 Å². The Morgan fingerprint density at radius 1 is 0.857 bits per heavy atom. The smallest absolute Gasteiger partial charge is 0.255 e. The summed E-state index contributed by atoms with van der Waals surface area (Å²) in [5.41, 5.74) is 5.83. The van der Waals surface area contributed by atoms with Crippen LogP contribution in [-0.2, 0) is 17.8 Å². The van der Waals surface area contributed by atoms with Crippen molar-refractivity contribution in [1.29, 1.82) is 0 Å². The van der Waals surface area contributed by atoms with Crippen LogP contribution >= 0.6 is 11.8 Å². The summed E-state index contributed by atoms with van der Waals surface area (Å²) in [7, 11) is 0. The summed E-state index contributed by atoms with van der Waals surface area (Å²) in [5, 5.41) is 2.92. The minimum Gasteiger partial charge on any atom is -0.322 e. The molecule has 2 heterocycles. The first-order chi connectivity index (χ1) is 17.2. The van der Waals surface area contributed by atoms with Crippen LogP contribution in [0.4, 0.5) is 5.69 Å². The fourth-order valence-corrected chi connectivity index (χ4v) is 5.31. The van der Waals surface area contributed by atoms with E-state index in [4.69, 9.17) is 0 Å². The predicted octanol–water partition coefficient (Wildman–Crippen LogP) is 5.70. The zero-order valence-corrected chi connectivity index (χ0v) is 19.9. The number of anilines is 1. The van der Waals surface area contributed by atoms with Crippen molar-refractivity contribution in [3.05, 3.63) is 131 Å². The van der Waals surface area contributed by atoms with Crippen LogP contribution in [0.5, 0.6) is 0 Å². The van der Waals surface area contributed by atoms with Crippen LogP contribution in [0.15, 0.2) is 103 Å². The molecule has 0 radical (unpaired) electrons. The van der Waals surface area contributed by atoms with E-state index in [2.05, 4.69) is 10.3 Å². The van der Waals surface area contributed by atoms with Crippen LogP contribution in [0.3, 0.4) is 0 Å². The molecule has 0 aliphatic carbocycles. The fourth-order valence-electron chi connectivity index (χ4n) is 4.13. The molecule has 0 bridgehead atoms. The molecule has 1 saturated heterocycles. The molecule has 0 unspecified atom stereocenters. The molecule has 5 nitrogen and oxygen atoms in total. The number of hydrogen-bond acceptors (Lipinski definition) is 4. The molecule has 5 rings (SSSR count). The van der Waals surface area contributed by atoms with E-state index in [1.54, 1.807) is 24.2 Å². The number of nitrogens with zero attached hydrogens (tertiary/aromatic N) is 2. The first-order valence-corrected chi connectivity index (χ1v) is 12.5. The first kappa shape index (κ1) is 22.9. The van der Waals surface area contributed by atoms with Crippen molar-refractivity contribution in [1.82, 2.24) is 9.88 Å². The normalized spacial score (nSPS) is 15.3. The van der Waals surface area contributed by atoms with Crippen LogP contribution in [-0.4, -0.2) is 27.5 Å². The summed E-state index contributed by atoms with van der Waals surface area (Å²) in [6.45, 7) is 0.580. The van der Waals surface area contributed by atoms with Crippen LogP contribution in [0.25, 0.3) is 0 Å². The Balaban J connectivity index is 1.22. The van der Waals surface area contributed by atoms with Crippen molar-refractivity contribution in [3.63, 3.8) is 0 Å². The van der Waals surface area contributed by atoms with Gasteiger partial charge in [0.05, 0.1) is 5.75 Å². The van der Waals surface area contributed by atoms with Gasteiger partial charge in [-0.3, -0.25) is 14.6 Å². The molecular formula is C29H25N3O2S. The molecular weight excluding hydrogens is 454 g/mol. The standard InChI is InChI=1S/C29H25N3O2S/c33-27-20-35-29(32(27)19-23-4-2-1-3-5-23)25-10-8-24(9-11-25)28(34)31-26-12-6-21(7-13-26)18-22-14-16-30-17-15-22/h1-17,29H,18-20H2,(H,31,34)/t29-/m1/s1. The molecule has 6 heteroatoms. The summed E-state index contributed by atoms with van der Waals surface area (Å²) in [4.78, 5) is 31.3. The molecule has 4 aromatic rings. The van der Waals surface area contributed by atoms with Crippen molar-refractivity contribution in [2.75, 3.05) is 11.1 Å². The lowest BCUT2D eigenvalue weighted by Crippen LogP contribution is -2.27. The third-order valence-corrected chi connectivity index (χ3v) is 7.25. The zero-order valence-electron chi connectivity index (χ0n) is 19.1. The number of carbonyl (C=O) groups excluding carboxylic acids is 2. The van der Waals surface area contributed by atoms with E-state index < -0.39 is 0 Å². The average Bonchev–Trinajstić information content (AvgIpc) is 3.26. The SMILES string of the molecule is O=C(Nc1ccc(Cc2ccncc2)cc1)c1ccc([C@H]2SCC(=O)N2Cc2ccccc2)cc1. The second kappa shape index (κ2) is 10.6. The van der Waals surface area contributed by atoms with Gasteiger partial charge >= 0.3 is 0 Å². The predicted molar refractivity (Wildman–Crippen MR) is 140 cm³/mol. The molecule has 1 aromatic heterocycles. The van der Waals surface area contributed by atoms with Gasteiger partial charge in [-0.25, -0.2) is 0 Å². The van der Waals surface area contributed by atoms with E-state index in [9.17, 15) is 9.59 Å². The van der Waals surface area contributed by atoms with Gasteiger partial charge in [-0.1, -0.05) is 54.6 Å². The Morgan fingerprint density at radius 3 is 2.26 bits per heavy atom. The molecule has 35 heavy (non-hydrogen) atoms. The van der Waals surface area contributed by atoms with Gasteiger partial charge in [0, 0.05) is 30.2 Å². The van der Waals surface area contributed by atoms with Crippen LogP contribution in [0, 0.1) is 0 Å². The average molecular weight is 480 g/mol. The number of aromatic nitrogens is 1. The number of carbonyl (C=O) groups is 2. The van der Waals surface area contributed by atoms with Crippen molar-refractivity contribution >= 4 is 29.3 Å². The number of rotatable bonds is 7. The summed E-state index contributed by atoms with van der Waals surface area (Å²) in [6.07, 6.45) is 4.40. The minimum absolute atomic E-state index is 0.0484. The third kappa shape index (κ3) is 5.61. The molecule has 0 saturated carbocycles. The van der Waals surface area contributed by atoms with E-state index >= 15 is 0 Å². The van der Waals surface area contributed by atoms with E-state index in [0.717, 1.165) is 23.2 Å². The van der Waals surface area contributed by atoms with Gasteiger partial charge in [0.15, 0.2) is 0 Å².